The Labute approximate surface area is 130 Å². The highest BCUT2D eigenvalue weighted by Crippen LogP contribution is 2.61. The van der Waals surface area contributed by atoms with E-state index >= 15 is 0 Å². The molecule has 0 N–H and O–H groups in total. The van der Waals surface area contributed by atoms with Crippen LogP contribution in [0.1, 0.15) is 8.22 Å². The first-order valence-electron chi connectivity index (χ1n) is 9.19. The summed E-state index contributed by atoms with van der Waals surface area (Å²) >= 11 is 3.58. The molecular weight excluding hydrogens is 336 g/mol. The van der Waals surface area contributed by atoms with Gasteiger partial charge in [0.2, 0.25) is 0 Å². The lowest BCUT2D eigenvalue weighted by Gasteiger charge is -2.64. The van der Waals surface area contributed by atoms with Crippen molar-refractivity contribution < 1.29 is 8.22 Å². The first-order valence-corrected chi connectivity index (χ1v) is 20.9. The highest BCUT2D eigenvalue weighted by molar-refractivity contribution is 9.26. The summed E-state index contributed by atoms with van der Waals surface area (Å²) in [6.45, 7) is 10.9. The summed E-state index contributed by atoms with van der Waals surface area (Å²) in [6, 6.07) is 0. The second kappa shape index (κ2) is 4.72. The van der Waals surface area contributed by atoms with Gasteiger partial charge in [-0.05, 0) is 3.91 Å². The fraction of sp³-hybridized carbons (Fsp3) is 1.00. The Morgan fingerprint density at radius 1 is 0.706 bits per heavy atom. The lowest BCUT2D eigenvalue weighted by Crippen LogP contribution is -2.74. The predicted octanol–water partition coefficient (Wildman–Crippen LogP) is 5.96. The summed E-state index contributed by atoms with van der Waals surface area (Å²) in [7, 11) is -6.43. The summed E-state index contributed by atoms with van der Waals surface area (Å²) in [4.78, 5) is 0. The van der Waals surface area contributed by atoms with Gasteiger partial charge in [0, 0.05) is 32.4 Å². The third-order valence-electron chi connectivity index (χ3n) is 3.89. The van der Waals surface area contributed by atoms with Crippen molar-refractivity contribution >= 4 is 46.2 Å². The van der Waals surface area contributed by atoms with Crippen LogP contribution in [0, 0.1) is 0 Å². The quantitative estimate of drug-likeness (QED) is 0.420. The second-order valence-corrected chi connectivity index (χ2v) is 32.5. The zero-order valence-electron chi connectivity index (χ0n) is 18.9. The molecule has 104 valence electrons. The Bertz CT molecular complexity index is 389. The molecule has 0 saturated heterocycles. The minimum absolute atomic E-state index is 0.517. The van der Waals surface area contributed by atoms with E-state index in [9.17, 15) is 0 Å². The summed E-state index contributed by atoms with van der Waals surface area (Å²) < 4.78 is 49.2. The molecule has 5 heteroatoms. The molecule has 0 aliphatic heterocycles. The topological polar surface area (TPSA) is 0 Å². The minimum atomic E-state index is -3.84. The summed E-state index contributed by atoms with van der Waals surface area (Å²) in [6.07, 6.45) is 0. The van der Waals surface area contributed by atoms with E-state index in [0.29, 0.717) is 0 Å². The molecule has 0 spiro atoms. The van der Waals surface area contributed by atoms with E-state index in [1.165, 1.54) is 0 Å². The van der Waals surface area contributed by atoms with Gasteiger partial charge in [0.05, 0.1) is 0 Å². The SMILES string of the molecule is [2H]C([2H])([2H])[Si](Br)(C([2H])([2H])[2H])C([Si](C)(C)C)([Si](C)(C)C)[Si](C)(C)C. The van der Waals surface area contributed by atoms with Crippen molar-refractivity contribution in [2.24, 2.45) is 0 Å². The maximum Gasteiger partial charge on any atom is 0.122 e. The van der Waals surface area contributed by atoms with Gasteiger partial charge in [-0.25, -0.2) is 0 Å². The van der Waals surface area contributed by atoms with Crippen LogP contribution in [0.3, 0.4) is 0 Å². The Balaban J connectivity index is 7.46. The van der Waals surface area contributed by atoms with Crippen LogP contribution in [0.25, 0.3) is 0 Å². The predicted molar refractivity (Wildman–Crippen MR) is 99.1 cm³/mol. The molecule has 0 bridgehead atoms. The molecule has 17 heavy (non-hydrogen) atoms. The third-order valence-corrected chi connectivity index (χ3v) is 40.4. The fourth-order valence-corrected chi connectivity index (χ4v) is 60.4. The van der Waals surface area contributed by atoms with Gasteiger partial charge in [0.15, 0.2) is 0 Å². The first-order chi connectivity index (χ1) is 9.50. The van der Waals surface area contributed by atoms with Crippen LogP contribution >= 0.6 is 15.3 Å². The van der Waals surface area contributed by atoms with Crippen LogP contribution in [0.5, 0.6) is 0 Å². The van der Waals surface area contributed by atoms with E-state index in [-0.39, 0.29) is 0 Å². The summed E-state index contributed by atoms with van der Waals surface area (Å²) in [5.74, 6) is 0. The fourth-order valence-electron chi connectivity index (χ4n) is 4.93. The minimum Gasteiger partial charge on any atom is -0.127 e. The van der Waals surface area contributed by atoms with E-state index in [2.05, 4.69) is 74.2 Å². The van der Waals surface area contributed by atoms with Gasteiger partial charge in [-0.15, -0.1) is 15.3 Å². The number of hydrogen-bond donors (Lipinski definition) is 0. The molecule has 0 atom stereocenters. The molecule has 0 aromatic rings. The molecule has 0 rings (SSSR count). The van der Waals surface area contributed by atoms with Gasteiger partial charge < -0.3 is 0 Å². The van der Waals surface area contributed by atoms with Crippen molar-refractivity contribution in [3.05, 3.63) is 0 Å². The molecule has 0 saturated carbocycles. The first kappa shape index (κ1) is 10.1. The molecule has 0 aromatic heterocycles. The van der Waals surface area contributed by atoms with E-state index in [4.69, 9.17) is 8.22 Å². The van der Waals surface area contributed by atoms with E-state index < -0.39 is 47.8 Å². The van der Waals surface area contributed by atoms with E-state index in [1.54, 1.807) is 0 Å². The molecule has 0 fully saturated rings. The van der Waals surface area contributed by atoms with Crippen molar-refractivity contribution in [3.63, 3.8) is 0 Å². The monoisotopic (exact) mass is 374 g/mol. The van der Waals surface area contributed by atoms with Gasteiger partial charge in [-0.2, -0.15) is 0 Å². The molecule has 0 radical (unpaired) electrons. The van der Waals surface area contributed by atoms with Crippen molar-refractivity contribution in [1.29, 1.82) is 0 Å². The normalized spacial score (nSPS) is 22.9. The largest absolute Gasteiger partial charge is 0.127 e. The molecule has 0 aliphatic carbocycles. The van der Waals surface area contributed by atoms with E-state index in [0.717, 1.165) is 0 Å². The van der Waals surface area contributed by atoms with Crippen LogP contribution in [-0.2, 0) is 0 Å². The van der Waals surface area contributed by atoms with Crippen LogP contribution in [0.15, 0.2) is 0 Å². The molecule has 0 aromatic carbocycles. The Morgan fingerprint density at radius 3 is 1.00 bits per heavy atom. The maximum absolute atomic E-state index is 8.29. The molecule has 0 unspecified atom stereocenters. The third kappa shape index (κ3) is 2.93. The molecular formula is C12H33BrSi4. The molecule has 0 aliphatic rings. The van der Waals surface area contributed by atoms with Crippen molar-refractivity contribution in [1.82, 2.24) is 0 Å². The standard InChI is InChI=1S/C12H33BrSi4/c1-14(2,3)12(15(4,5)6,16(7,8)9)17(10,11)13/h1-11H3/i10D3,11D3. The highest BCUT2D eigenvalue weighted by Gasteiger charge is 2.66. The van der Waals surface area contributed by atoms with Crippen LogP contribution in [-0.4, -0.2) is 30.9 Å². The van der Waals surface area contributed by atoms with Gasteiger partial charge in [-0.3, -0.25) is 0 Å². The number of hydrogen-bond acceptors (Lipinski definition) is 0. The zero-order valence-corrected chi connectivity index (χ0v) is 18.5. The number of halogens is 1. The second-order valence-electron chi connectivity index (χ2n) is 8.16. The zero-order chi connectivity index (χ0) is 19.5. The van der Waals surface area contributed by atoms with Crippen molar-refractivity contribution in [2.45, 2.75) is 75.8 Å². The highest BCUT2D eigenvalue weighted by atomic mass is 79.9. The smallest absolute Gasteiger partial charge is 0.122 e. The van der Waals surface area contributed by atoms with Gasteiger partial charge in [0.25, 0.3) is 0 Å². The average molecular weight is 376 g/mol. The molecule has 0 nitrogen and oxygen atoms in total. The molecule has 0 amide bonds. The van der Waals surface area contributed by atoms with Gasteiger partial charge in [-0.1, -0.05) is 71.9 Å². The van der Waals surface area contributed by atoms with Crippen molar-refractivity contribution in [2.75, 3.05) is 0 Å². The summed E-state index contributed by atoms with van der Waals surface area (Å²) in [5.41, 5.74) is 0. The van der Waals surface area contributed by atoms with E-state index in [1.807, 2.05) is 0 Å². The average Bonchev–Trinajstić information content (AvgIpc) is 2.05. The Morgan fingerprint density at radius 2 is 0.941 bits per heavy atom. The van der Waals surface area contributed by atoms with Gasteiger partial charge >= 0.3 is 0 Å². The molecule has 0 heterocycles. The van der Waals surface area contributed by atoms with Crippen LogP contribution < -0.4 is 0 Å². The summed E-state index contributed by atoms with van der Waals surface area (Å²) in [5, 5.41) is 0. The Hall–Kier alpha value is 1.35. The van der Waals surface area contributed by atoms with Crippen molar-refractivity contribution in [3.8, 4) is 0 Å². The lowest BCUT2D eigenvalue weighted by atomic mass is 11.6. The van der Waals surface area contributed by atoms with Gasteiger partial charge in [0.1, 0.15) is 6.69 Å². The van der Waals surface area contributed by atoms with Crippen LogP contribution in [0.2, 0.25) is 75.8 Å². The Kier molecular flexibility index (Phi) is 2.81. The van der Waals surface area contributed by atoms with Crippen LogP contribution in [0.4, 0.5) is 0 Å². The maximum atomic E-state index is 8.29. The number of rotatable bonds is 4. The lowest BCUT2D eigenvalue weighted by molar-refractivity contribution is 1.20.